The van der Waals surface area contributed by atoms with Crippen molar-refractivity contribution in [3.63, 3.8) is 0 Å². The van der Waals surface area contributed by atoms with E-state index in [1.807, 2.05) is 4.72 Å². The molecule has 3 N–H and O–H groups in total. The highest BCUT2D eigenvalue weighted by atomic mass is 32.2. The molecule has 1 aromatic carbocycles. The molecule has 1 atom stereocenters. The number of nitrogens with one attached hydrogen (secondary N) is 2. The van der Waals surface area contributed by atoms with Gasteiger partial charge >= 0.3 is 16.4 Å². The van der Waals surface area contributed by atoms with Crippen molar-refractivity contribution in [2.75, 3.05) is 18.8 Å². The monoisotopic (exact) mass is 387 g/mol. The lowest BCUT2D eigenvalue weighted by Crippen LogP contribution is -2.48. The fraction of sp³-hybridized carbons (Fsp3) is 0.500. The van der Waals surface area contributed by atoms with Crippen LogP contribution in [0.4, 0.5) is 10.5 Å². The minimum atomic E-state index is -4.36. The molecule has 0 heterocycles. The summed E-state index contributed by atoms with van der Waals surface area (Å²) in [5, 5.41) is 2.55. The SMILES string of the molecule is CN(C)C(=O)C(Cc1ccc(NS(=O)(=O)O)cc1)NC(=O)OC(C)(C)C. The Balaban J connectivity index is 2.89. The van der Waals surface area contributed by atoms with Gasteiger partial charge in [-0.3, -0.25) is 14.1 Å². The maximum absolute atomic E-state index is 12.3. The third kappa shape index (κ3) is 8.17. The van der Waals surface area contributed by atoms with Gasteiger partial charge in [0.2, 0.25) is 5.91 Å². The average molecular weight is 387 g/mol. The van der Waals surface area contributed by atoms with E-state index in [-0.39, 0.29) is 18.0 Å². The van der Waals surface area contributed by atoms with Crippen LogP contribution in [-0.4, -0.2) is 55.6 Å². The zero-order valence-corrected chi connectivity index (χ0v) is 16.3. The first-order valence-electron chi connectivity index (χ1n) is 7.82. The van der Waals surface area contributed by atoms with Gasteiger partial charge in [0.1, 0.15) is 11.6 Å². The minimum Gasteiger partial charge on any atom is -0.444 e. The Labute approximate surface area is 153 Å². The number of benzene rings is 1. The van der Waals surface area contributed by atoms with Gasteiger partial charge in [0.15, 0.2) is 0 Å². The predicted octanol–water partition coefficient (Wildman–Crippen LogP) is 1.43. The van der Waals surface area contributed by atoms with Gasteiger partial charge in [-0.1, -0.05) is 12.1 Å². The number of carbonyl (C=O) groups excluding carboxylic acids is 2. The topological polar surface area (TPSA) is 125 Å². The zero-order valence-electron chi connectivity index (χ0n) is 15.4. The summed E-state index contributed by atoms with van der Waals surface area (Å²) in [6, 6.07) is 5.20. The van der Waals surface area contributed by atoms with E-state index in [1.54, 1.807) is 47.0 Å². The largest absolute Gasteiger partial charge is 0.444 e. The first-order chi connectivity index (χ1) is 11.8. The van der Waals surface area contributed by atoms with E-state index in [1.165, 1.54) is 17.0 Å². The minimum absolute atomic E-state index is 0.173. The highest BCUT2D eigenvalue weighted by Gasteiger charge is 2.25. The average Bonchev–Trinajstić information content (AvgIpc) is 2.44. The van der Waals surface area contributed by atoms with E-state index in [0.29, 0.717) is 5.56 Å². The Bertz CT molecular complexity index is 738. The molecule has 0 aliphatic carbocycles. The van der Waals surface area contributed by atoms with Gasteiger partial charge < -0.3 is 15.0 Å². The molecule has 146 valence electrons. The number of hydrogen-bond donors (Lipinski definition) is 3. The van der Waals surface area contributed by atoms with Gasteiger partial charge in [0.05, 0.1) is 5.69 Å². The maximum atomic E-state index is 12.3. The fourth-order valence-corrected chi connectivity index (χ4v) is 2.49. The van der Waals surface area contributed by atoms with Crippen molar-refractivity contribution in [1.82, 2.24) is 10.2 Å². The summed E-state index contributed by atoms with van der Waals surface area (Å²) >= 11 is 0. The van der Waals surface area contributed by atoms with E-state index in [4.69, 9.17) is 9.29 Å². The summed E-state index contributed by atoms with van der Waals surface area (Å²) in [7, 11) is -1.21. The van der Waals surface area contributed by atoms with Crippen molar-refractivity contribution in [2.45, 2.75) is 38.8 Å². The Morgan fingerprint density at radius 3 is 2.15 bits per heavy atom. The standard InChI is InChI=1S/C16H25N3O6S/c1-16(2,3)25-15(21)17-13(14(20)19(4)5)10-11-6-8-12(9-7-11)18-26(22,23)24/h6-9,13,18H,10H2,1-5H3,(H,17,21)(H,22,23,24). The second-order valence-electron chi connectivity index (χ2n) is 6.91. The molecule has 9 nitrogen and oxygen atoms in total. The number of alkyl carbamates (subject to hydrolysis) is 1. The second kappa shape index (κ2) is 8.37. The summed E-state index contributed by atoms with van der Waals surface area (Å²) in [6.07, 6.45) is -0.523. The normalized spacial score (nSPS) is 12.8. The van der Waals surface area contributed by atoms with Crippen LogP contribution in [0, 0.1) is 0 Å². The van der Waals surface area contributed by atoms with Crippen molar-refractivity contribution < 1.29 is 27.3 Å². The van der Waals surface area contributed by atoms with Crippen molar-refractivity contribution >= 4 is 28.0 Å². The number of likely N-dealkylation sites (N-methyl/N-ethyl adjacent to an activating group) is 1. The third-order valence-electron chi connectivity index (χ3n) is 3.07. The highest BCUT2D eigenvalue weighted by molar-refractivity contribution is 7.87. The lowest BCUT2D eigenvalue weighted by molar-refractivity contribution is -0.130. The summed E-state index contributed by atoms with van der Waals surface area (Å²) in [5.41, 5.74) is 0.160. The Kier molecular flexibility index (Phi) is 6.99. The molecule has 0 spiro atoms. The van der Waals surface area contributed by atoms with Crippen LogP contribution in [0.2, 0.25) is 0 Å². The summed E-state index contributed by atoms with van der Waals surface area (Å²) in [4.78, 5) is 25.7. The number of rotatable bonds is 6. The predicted molar refractivity (Wildman–Crippen MR) is 97.2 cm³/mol. The third-order valence-corrected chi connectivity index (χ3v) is 3.56. The molecule has 0 aromatic heterocycles. The van der Waals surface area contributed by atoms with Gasteiger partial charge in [0.25, 0.3) is 0 Å². The van der Waals surface area contributed by atoms with Crippen LogP contribution in [-0.2, 0) is 26.3 Å². The maximum Gasteiger partial charge on any atom is 0.408 e. The van der Waals surface area contributed by atoms with Crippen LogP contribution in [0.15, 0.2) is 24.3 Å². The summed E-state index contributed by atoms with van der Waals surface area (Å²) in [6.45, 7) is 5.16. The quantitative estimate of drug-likeness (QED) is 0.634. The highest BCUT2D eigenvalue weighted by Crippen LogP contribution is 2.14. The molecule has 1 rings (SSSR count). The first-order valence-corrected chi connectivity index (χ1v) is 9.26. The molecular formula is C16H25N3O6S. The van der Waals surface area contributed by atoms with Crippen LogP contribution in [0.3, 0.4) is 0 Å². The molecule has 0 saturated heterocycles. The number of amides is 2. The van der Waals surface area contributed by atoms with Crippen LogP contribution in [0.5, 0.6) is 0 Å². The molecule has 1 unspecified atom stereocenters. The number of anilines is 1. The molecular weight excluding hydrogens is 362 g/mol. The van der Waals surface area contributed by atoms with Gasteiger partial charge in [0, 0.05) is 20.5 Å². The lowest BCUT2D eigenvalue weighted by Gasteiger charge is -2.25. The van der Waals surface area contributed by atoms with E-state index in [9.17, 15) is 18.0 Å². The Morgan fingerprint density at radius 2 is 1.73 bits per heavy atom. The lowest BCUT2D eigenvalue weighted by atomic mass is 10.0. The van der Waals surface area contributed by atoms with Gasteiger partial charge in [-0.15, -0.1) is 0 Å². The van der Waals surface area contributed by atoms with E-state index in [2.05, 4.69) is 5.32 Å². The van der Waals surface area contributed by atoms with Gasteiger partial charge in [-0.2, -0.15) is 8.42 Å². The van der Waals surface area contributed by atoms with E-state index >= 15 is 0 Å². The summed E-state index contributed by atoms with van der Waals surface area (Å²) < 4.78 is 37.5. The van der Waals surface area contributed by atoms with Crippen LogP contribution in [0.25, 0.3) is 0 Å². The van der Waals surface area contributed by atoms with Crippen molar-refractivity contribution in [3.8, 4) is 0 Å². The van der Waals surface area contributed by atoms with Gasteiger partial charge in [-0.25, -0.2) is 4.79 Å². The number of ether oxygens (including phenoxy) is 1. The molecule has 0 radical (unpaired) electrons. The molecule has 1 aromatic rings. The number of hydrogen-bond acceptors (Lipinski definition) is 5. The van der Waals surface area contributed by atoms with E-state index < -0.39 is 28.0 Å². The summed E-state index contributed by atoms with van der Waals surface area (Å²) in [5.74, 6) is -0.309. The first kappa shape index (κ1) is 21.7. The molecule has 0 saturated carbocycles. The van der Waals surface area contributed by atoms with Crippen LogP contribution >= 0.6 is 0 Å². The number of carbonyl (C=O) groups is 2. The molecule has 0 aliphatic heterocycles. The molecule has 0 fully saturated rings. The number of nitrogens with zero attached hydrogens (tertiary/aromatic N) is 1. The van der Waals surface area contributed by atoms with Crippen molar-refractivity contribution in [2.24, 2.45) is 0 Å². The van der Waals surface area contributed by atoms with Crippen molar-refractivity contribution in [1.29, 1.82) is 0 Å². The molecule has 0 bridgehead atoms. The zero-order chi connectivity index (χ0) is 20.1. The van der Waals surface area contributed by atoms with E-state index in [0.717, 1.165) is 0 Å². The van der Waals surface area contributed by atoms with Crippen LogP contribution in [0.1, 0.15) is 26.3 Å². The molecule has 0 aliphatic rings. The Morgan fingerprint density at radius 1 is 1.19 bits per heavy atom. The molecule has 10 heteroatoms. The smallest absolute Gasteiger partial charge is 0.408 e. The molecule has 26 heavy (non-hydrogen) atoms. The Hall–Kier alpha value is -2.33. The second-order valence-corrected chi connectivity index (χ2v) is 8.06. The van der Waals surface area contributed by atoms with Crippen LogP contribution < -0.4 is 10.0 Å². The molecule has 2 amide bonds. The van der Waals surface area contributed by atoms with Crippen molar-refractivity contribution in [3.05, 3.63) is 29.8 Å². The fourth-order valence-electron chi connectivity index (χ4n) is 2.06. The van der Waals surface area contributed by atoms with Gasteiger partial charge in [-0.05, 0) is 38.5 Å².